The molecule has 1 amide bonds. The van der Waals surface area contributed by atoms with Gasteiger partial charge in [-0.05, 0) is 30.3 Å². The van der Waals surface area contributed by atoms with Crippen molar-refractivity contribution in [2.45, 2.75) is 6.42 Å². The first-order chi connectivity index (χ1) is 9.20. The zero-order chi connectivity index (χ0) is 13.7. The minimum absolute atomic E-state index is 0.0227. The lowest BCUT2D eigenvalue weighted by molar-refractivity contribution is 0.0794. The Balaban J connectivity index is 1.97. The quantitative estimate of drug-likeness (QED) is 0.829. The van der Waals surface area contributed by atoms with E-state index in [2.05, 4.69) is 0 Å². The first-order valence-corrected chi connectivity index (χ1v) is 6.12. The predicted molar refractivity (Wildman–Crippen MR) is 72.4 cm³/mol. The molecule has 1 heterocycles. The number of methoxy groups -OCH3 is 1. The van der Waals surface area contributed by atoms with Gasteiger partial charge in [-0.15, -0.1) is 0 Å². The van der Waals surface area contributed by atoms with Gasteiger partial charge in [0, 0.05) is 25.6 Å². The molecule has 0 radical (unpaired) electrons. The third kappa shape index (κ3) is 3.37. The molecule has 2 aromatic rings. The maximum atomic E-state index is 12.2. The van der Waals surface area contributed by atoms with Crippen LogP contribution in [0, 0.1) is 0 Å². The highest BCUT2D eigenvalue weighted by Crippen LogP contribution is 2.14. The standard InChI is InChI=1S/C15H17NO3/c1-16(9-8-13-7-4-10-19-13)15(17)12-5-3-6-14(11-12)18-2/h3-7,10-11H,8-9H2,1-2H3. The van der Waals surface area contributed by atoms with Crippen LogP contribution in [0.25, 0.3) is 0 Å². The largest absolute Gasteiger partial charge is 0.497 e. The number of carbonyl (C=O) groups is 1. The highest BCUT2D eigenvalue weighted by atomic mass is 16.5. The average Bonchev–Trinajstić information content (AvgIpc) is 2.97. The lowest BCUT2D eigenvalue weighted by Crippen LogP contribution is -2.28. The van der Waals surface area contributed by atoms with E-state index in [1.807, 2.05) is 24.3 Å². The molecule has 0 unspecified atom stereocenters. The molecule has 0 saturated heterocycles. The van der Waals surface area contributed by atoms with Gasteiger partial charge in [0.05, 0.1) is 13.4 Å². The zero-order valence-corrected chi connectivity index (χ0v) is 11.1. The van der Waals surface area contributed by atoms with E-state index < -0.39 is 0 Å². The summed E-state index contributed by atoms with van der Waals surface area (Å²) in [5, 5.41) is 0. The molecule has 0 atom stereocenters. The Labute approximate surface area is 112 Å². The number of hydrogen-bond acceptors (Lipinski definition) is 3. The molecule has 0 fully saturated rings. The third-order valence-electron chi connectivity index (χ3n) is 2.94. The second-order valence-electron chi connectivity index (χ2n) is 4.29. The molecule has 0 aliphatic rings. The van der Waals surface area contributed by atoms with E-state index in [0.29, 0.717) is 24.3 Å². The van der Waals surface area contributed by atoms with Crippen LogP contribution in [-0.4, -0.2) is 31.5 Å². The number of rotatable bonds is 5. The monoisotopic (exact) mass is 259 g/mol. The van der Waals surface area contributed by atoms with E-state index in [-0.39, 0.29) is 5.91 Å². The summed E-state index contributed by atoms with van der Waals surface area (Å²) in [5.74, 6) is 1.54. The molecule has 1 aromatic heterocycles. The number of carbonyl (C=O) groups excluding carboxylic acids is 1. The highest BCUT2D eigenvalue weighted by Gasteiger charge is 2.12. The molecule has 2 rings (SSSR count). The molecule has 0 N–H and O–H groups in total. The number of furan rings is 1. The fourth-order valence-electron chi connectivity index (χ4n) is 1.81. The summed E-state index contributed by atoms with van der Waals surface area (Å²) in [5.41, 5.74) is 0.626. The molecule has 19 heavy (non-hydrogen) atoms. The van der Waals surface area contributed by atoms with Crippen LogP contribution in [0.2, 0.25) is 0 Å². The van der Waals surface area contributed by atoms with E-state index in [0.717, 1.165) is 5.76 Å². The van der Waals surface area contributed by atoms with Crippen LogP contribution in [-0.2, 0) is 6.42 Å². The second-order valence-corrected chi connectivity index (χ2v) is 4.29. The number of likely N-dealkylation sites (N-methyl/N-ethyl adjacent to an activating group) is 1. The van der Waals surface area contributed by atoms with E-state index >= 15 is 0 Å². The predicted octanol–water partition coefficient (Wildman–Crippen LogP) is 2.60. The molecular weight excluding hydrogens is 242 g/mol. The SMILES string of the molecule is COc1cccc(C(=O)N(C)CCc2ccco2)c1. The third-order valence-corrected chi connectivity index (χ3v) is 2.94. The van der Waals surface area contributed by atoms with Crippen molar-refractivity contribution < 1.29 is 13.9 Å². The summed E-state index contributed by atoms with van der Waals surface area (Å²) < 4.78 is 10.4. The Kier molecular flexibility index (Phi) is 4.23. The molecule has 0 aliphatic carbocycles. The molecule has 0 saturated carbocycles. The van der Waals surface area contributed by atoms with Gasteiger partial charge >= 0.3 is 0 Å². The fraction of sp³-hybridized carbons (Fsp3) is 0.267. The van der Waals surface area contributed by atoms with Crippen LogP contribution < -0.4 is 4.74 Å². The van der Waals surface area contributed by atoms with E-state index in [1.54, 1.807) is 37.5 Å². The van der Waals surface area contributed by atoms with E-state index in [4.69, 9.17) is 9.15 Å². The fourth-order valence-corrected chi connectivity index (χ4v) is 1.81. The molecule has 4 heteroatoms. The number of nitrogens with zero attached hydrogens (tertiary/aromatic N) is 1. The first-order valence-electron chi connectivity index (χ1n) is 6.12. The Morgan fingerprint density at radius 2 is 2.16 bits per heavy atom. The first kappa shape index (κ1) is 13.2. The van der Waals surface area contributed by atoms with Crippen molar-refractivity contribution in [3.63, 3.8) is 0 Å². The molecule has 0 spiro atoms. The molecule has 4 nitrogen and oxygen atoms in total. The van der Waals surface area contributed by atoms with Gasteiger partial charge in [0.25, 0.3) is 5.91 Å². The summed E-state index contributed by atoms with van der Waals surface area (Å²) in [7, 11) is 3.37. The Hall–Kier alpha value is -2.23. The van der Waals surface area contributed by atoms with Crippen molar-refractivity contribution in [3.8, 4) is 5.75 Å². The summed E-state index contributed by atoms with van der Waals surface area (Å²) in [6.07, 6.45) is 2.35. The van der Waals surface area contributed by atoms with Gasteiger partial charge in [0.2, 0.25) is 0 Å². The van der Waals surface area contributed by atoms with Gasteiger partial charge in [-0.1, -0.05) is 6.07 Å². The van der Waals surface area contributed by atoms with Crippen LogP contribution in [0.1, 0.15) is 16.1 Å². The molecule has 100 valence electrons. The molecular formula is C15H17NO3. The van der Waals surface area contributed by atoms with Gasteiger partial charge in [-0.2, -0.15) is 0 Å². The van der Waals surface area contributed by atoms with Gasteiger partial charge < -0.3 is 14.1 Å². The molecule has 0 bridgehead atoms. The minimum atomic E-state index is -0.0227. The van der Waals surface area contributed by atoms with Crippen LogP contribution in [0.3, 0.4) is 0 Å². The van der Waals surface area contributed by atoms with Gasteiger partial charge in [0.1, 0.15) is 11.5 Å². The lowest BCUT2D eigenvalue weighted by atomic mass is 10.2. The smallest absolute Gasteiger partial charge is 0.253 e. The van der Waals surface area contributed by atoms with Gasteiger partial charge in [-0.25, -0.2) is 0 Å². The Morgan fingerprint density at radius 1 is 1.32 bits per heavy atom. The molecule has 1 aromatic carbocycles. The zero-order valence-electron chi connectivity index (χ0n) is 11.1. The van der Waals surface area contributed by atoms with Crippen molar-refractivity contribution in [2.24, 2.45) is 0 Å². The second kappa shape index (κ2) is 6.09. The summed E-state index contributed by atoms with van der Waals surface area (Å²) >= 11 is 0. The summed E-state index contributed by atoms with van der Waals surface area (Å²) in [6, 6.07) is 10.9. The van der Waals surface area contributed by atoms with Crippen molar-refractivity contribution in [1.29, 1.82) is 0 Å². The maximum absolute atomic E-state index is 12.2. The number of ether oxygens (including phenoxy) is 1. The average molecular weight is 259 g/mol. The minimum Gasteiger partial charge on any atom is -0.497 e. The topological polar surface area (TPSA) is 42.7 Å². The van der Waals surface area contributed by atoms with Crippen molar-refractivity contribution in [1.82, 2.24) is 4.90 Å². The van der Waals surface area contributed by atoms with Crippen molar-refractivity contribution in [3.05, 3.63) is 54.0 Å². The molecule has 0 aliphatic heterocycles. The number of benzene rings is 1. The Morgan fingerprint density at radius 3 is 2.84 bits per heavy atom. The van der Waals surface area contributed by atoms with Gasteiger partial charge in [0.15, 0.2) is 0 Å². The van der Waals surface area contributed by atoms with Gasteiger partial charge in [-0.3, -0.25) is 4.79 Å². The van der Waals surface area contributed by atoms with E-state index in [1.165, 1.54) is 0 Å². The van der Waals surface area contributed by atoms with Crippen LogP contribution in [0.15, 0.2) is 47.1 Å². The number of hydrogen-bond donors (Lipinski definition) is 0. The summed E-state index contributed by atoms with van der Waals surface area (Å²) in [4.78, 5) is 13.9. The van der Waals surface area contributed by atoms with Crippen molar-refractivity contribution >= 4 is 5.91 Å². The van der Waals surface area contributed by atoms with Crippen LogP contribution >= 0.6 is 0 Å². The normalized spacial score (nSPS) is 10.2. The summed E-state index contributed by atoms with van der Waals surface area (Å²) in [6.45, 7) is 0.615. The van der Waals surface area contributed by atoms with Crippen molar-refractivity contribution in [2.75, 3.05) is 20.7 Å². The maximum Gasteiger partial charge on any atom is 0.253 e. The lowest BCUT2D eigenvalue weighted by Gasteiger charge is -2.16. The van der Waals surface area contributed by atoms with Crippen LogP contribution in [0.4, 0.5) is 0 Å². The highest BCUT2D eigenvalue weighted by molar-refractivity contribution is 5.94. The van der Waals surface area contributed by atoms with E-state index in [9.17, 15) is 4.79 Å². The number of amides is 1. The van der Waals surface area contributed by atoms with Crippen LogP contribution in [0.5, 0.6) is 5.75 Å². The Bertz CT molecular complexity index is 534.